The monoisotopic (exact) mass is 364 g/mol. The number of hydrogen-bond acceptors (Lipinski definition) is 8. The molecule has 2 aromatic heterocycles. The van der Waals surface area contributed by atoms with E-state index in [1.54, 1.807) is 13.3 Å². The van der Waals surface area contributed by atoms with Gasteiger partial charge in [-0.2, -0.15) is 4.98 Å². The lowest BCUT2D eigenvalue weighted by atomic mass is 10.2. The number of benzene rings is 1. The van der Waals surface area contributed by atoms with Crippen molar-refractivity contribution in [2.45, 2.75) is 0 Å². The van der Waals surface area contributed by atoms with Crippen LogP contribution in [0.4, 0.5) is 17.5 Å². The highest BCUT2D eigenvalue weighted by Gasteiger charge is 2.14. The van der Waals surface area contributed by atoms with Crippen molar-refractivity contribution in [2.75, 3.05) is 43.6 Å². The highest BCUT2D eigenvalue weighted by molar-refractivity contribution is 5.62. The van der Waals surface area contributed by atoms with Crippen molar-refractivity contribution in [3.05, 3.63) is 48.9 Å². The largest absolute Gasteiger partial charge is 0.497 e. The topological polar surface area (TPSA) is 85.3 Å². The van der Waals surface area contributed by atoms with E-state index in [2.05, 4.69) is 30.2 Å². The normalized spacial score (nSPS) is 14.0. The number of pyridine rings is 1. The van der Waals surface area contributed by atoms with Crippen LogP contribution >= 0.6 is 0 Å². The molecule has 8 nitrogen and oxygen atoms in total. The minimum atomic E-state index is 0.470. The van der Waals surface area contributed by atoms with E-state index in [0.717, 1.165) is 35.9 Å². The van der Waals surface area contributed by atoms with Gasteiger partial charge >= 0.3 is 0 Å². The minimum Gasteiger partial charge on any atom is -0.497 e. The predicted molar refractivity (Wildman–Crippen MR) is 102 cm³/mol. The molecule has 138 valence electrons. The van der Waals surface area contributed by atoms with Gasteiger partial charge in [0.05, 0.1) is 20.3 Å². The van der Waals surface area contributed by atoms with E-state index in [0.29, 0.717) is 25.0 Å². The van der Waals surface area contributed by atoms with Crippen LogP contribution in [0.5, 0.6) is 5.75 Å². The molecule has 8 heteroatoms. The molecule has 0 saturated carbocycles. The van der Waals surface area contributed by atoms with Crippen molar-refractivity contribution >= 4 is 17.5 Å². The van der Waals surface area contributed by atoms with Crippen LogP contribution in [-0.4, -0.2) is 53.3 Å². The summed E-state index contributed by atoms with van der Waals surface area (Å²) in [5.74, 6) is 2.72. The van der Waals surface area contributed by atoms with E-state index < -0.39 is 0 Å². The molecule has 1 aliphatic rings. The second-order valence-electron chi connectivity index (χ2n) is 5.99. The summed E-state index contributed by atoms with van der Waals surface area (Å²) in [6, 6.07) is 11.5. The van der Waals surface area contributed by atoms with E-state index in [9.17, 15) is 0 Å². The lowest BCUT2D eigenvalue weighted by molar-refractivity contribution is 0.122. The van der Waals surface area contributed by atoms with Gasteiger partial charge in [0.2, 0.25) is 5.95 Å². The van der Waals surface area contributed by atoms with Gasteiger partial charge < -0.3 is 19.7 Å². The summed E-state index contributed by atoms with van der Waals surface area (Å²) in [5.41, 5.74) is 1.73. The van der Waals surface area contributed by atoms with Crippen molar-refractivity contribution in [1.29, 1.82) is 0 Å². The molecular formula is C19H20N6O2. The molecule has 0 bridgehead atoms. The van der Waals surface area contributed by atoms with Gasteiger partial charge in [0.25, 0.3) is 0 Å². The van der Waals surface area contributed by atoms with Gasteiger partial charge in [0.1, 0.15) is 17.9 Å². The fourth-order valence-electron chi connectivity index (χ4n) is 2.85. The number of nitrogens with zero attached hydrogens (tertiary/aromatic N) is 5. The maximum absolute atomic E-state index is 5.41. The lowest BCUT2D eigenvalue weighted by Crippen LogP contribution is -2.36. The Morgan fingerprint density at radius 1 is 1.07 bits per heavy atom. The summed E-state index contributed by atoms with van der Waals surface area (Å²) in [6.45, 7) is 3.09. The van der Waals surface area contributed by atoms with Gasteiger partial charge in [-0.1, -0.05) is 6.07 Å². The molecule has 0 spiro atoms. The molecule has 0 radical (unpaired) electrons. The summed E-state index contributed by atoms with van der Waals surface area (Å²) in [5, 5.41) is 3.18. The van der Waals surface area contributed by atoms with E-state index in [4.69, 9.17) is 9.47 Å². The van der Waals surface area contributed by atoms with Crippen LogP contribution in [0.2, 0.25) is 0 Å². The van der Waals surface area contributed by atoms with Gasteiger partial charge in [-0.25, -0.2) is 15.0 Å². The zero-order chi connectivity index (χ0) is 18.5. The molecule has 4 rings (SSSR count). The maximum Gasteiger partial charge on any atom is 0.230 e. The van der Waals surface area contributed by atoms with E-state index in [1.165, 1.54) is 6.33 Å². The smallest absolute Gasteiger partial charge is 0.230 e. The molecule has 0 atom stereocenters. The zero-order valence-electron chi connectivity index (χ0n) is 15.0. The standard InChI is InChI=1S/C19H20N6O2/c1-26-16-4-2-3-15(12-16)23-19-22-13-21-18(24-19)14-5-6-20-17(11-14)25-7-9-27-10-8-25/h2-6,11-13H,7-10H2,1H3,(H,21,22,23,24). The average molecular weight is 364 g/mol. The Hall–Kier alpha value is -3.26. The van der Waals surface area contributed by atoms with Crippen molar-refractivity contribution in [2.24, 2.45) is 0 Å². The van der Waals surface area contributed by atoms with Gasteiger partial charge in [0.15, 0.2) is 5.82 Å². The second-order valence-corrected chi connectivity index (χ2v) is 5.99. The number of aromatic nitrogens is 4. The quantitative estimate of drug-likeness (QED) is 0.739. The molecule has 1 fully saturated rings. The summed E-state index contributed by atoms with van der Waals surface area (Å²) in [4.78, 5) is 19.7. The zero-order valence-corrected chi connectivity index (χ0v) is 15.0. The van der Waals surface area contributed by atoms with Crippen molar-refractivity contribution < 1.29 is 9.47 Å². The summed E-state index contributed by atoms with van der Waals surface area (Å²) >= 11 is 0. The Morgan fingerprint density at radius 3 is 2.81 bits per heavy atom. The molecule has 1 N–H and O–H groups in total. The Bertz CT molecular complexity index is 914. The average Bonchev–Trinajstić information content (AvgIpc) is 2.75. The second kappa shape index (κ2) is 7.96. The first-order chi connectivity index (χ1) is 13.3. The van der Waals surface area contributed by atoms with Crippen LogP contribution < -0.4 is 15.0 Å². The molecule has 1 saturated heterocycles. The van der Waals surface area contributed by atoms with Crippen molar-refractivity contribution in [3.63, 3.8) is 0 Å². The molecule has 1 aliphatic heterocycles. The number of hydrogen-bond donors (Lipinski definition) is 1. The highest BCUT2D eigenvalue weighted by Crippen LogP contribution is 2.23. The Labute approximate surface area is 157 Å². The first kappa shape index (κ1) is 17.2. The summed E-state index contributed by atoms with van der Waals surface area (Å²) < 4.78 is 10.6. The fourth-order valence-corrected chi connectivity index (χ4v) is 2.85. The van der Waals surface area contributed by atoms with Gasteiger partial charge in [-0.15, -0.1) is 0 Å². The number of rotatable bonds is 5. The third kappa shape index (κ3) is 4.12. The molecule has 0 amide bonds. The summed E-state index contributed by atoms with van der Waals surface area (Å²) in [7, 11) is 1.63. The molecular weight excluding hydrogens is 344 g/mol. The first-order valence-corrected chi connectivity index (χ1v) is 8.71. The Morgan fingerprint density at radius 2 is 1.96 bits per heavy atom. The van der Waals surface area contributed by atoms with Gasteiger partial charge in [0, 0.05) is 36.6 Å². The highest BCUT2D eigenvalue weighted by atomic mass is 16.5. The number of nitrogens with one attached hydrogen (secondary N) is 1. The number of morpholine rings is 1. The third-order valence-electron chi connectivity index (χ3n) is 4.24. The van der Waals surface area contributed by atoms with Gasteiger partial charge in [-0.3, -0.25) is 0 Å². The molecule has 0 unspecified atom stereocenters. The molecule has 0 aliphatic carbocycles. The molecule has 3 heterocycles. The molecule has 1 aromatic carbocycles. The Balaban J connectivity index is 1.57. The number of anilines is 3. The van der Waals surface area contributed by atoms with Crippen LogP contribution in [0.3, 0.4) is 0 Å². The third-order valence-corrected chi connectivity index (χ3v) is 4.24. The number of ether oxygens (including phenoxy) is 2. The molecule has 3 aromatic rings. The van der Waals surface area contributed by atoms with Crippen LogP contribution in [0.15, 0.2) is 48.9 Å². The first-order valence-electron chi connectivity index (χ1n) is 8.71. The number of methoxy groups -OCH3 is 1. The Kier molecular flexibility index (Phi) is 5.06. The predicted octanol–water partition coefficient (Wildman–Crippen LogP) is 2.52. The van der Waals surface area contributed by atoms with Crippen LogP contribution in [-0.2, 0) is 4.74 Å². The van der Waals surface area contributed by atoms with Crippen LogP contribution in [0, 0.1) is 0 Å². The van der Waals surface area contributed by atoms with Crippen LogP contribution in [0.1, 0.15) is 0 Å². The van der Waals surface area contributed by atoms with Crippen LogP contribution in [0.25, 0.3) is 11.4 Å². The van der Waals surface area contributed by atoms with E-state index >= 15 is 0 Å². The van der Waals surface area contributed by atoms with E-state index in [-0.39, 0.29) is 0 Å². The van der Waals surface area contributed by atoms with Crippen molar-refractivity contribution in [1.82, 2.24) is 19.9 Å². The minimum absolute atomic E-state index is 0.470. The maximum atomic E-state index is 5.41. The molecule has 27 heavy (non-hydrogen) atoms. The lowest BCUT2D eigenvalue weighted by Gasteiger charge is -2.27. The summed E-state index contributed by atoms with van der Waals surface area (Å²) in [6.07, 6.45) is 3.28. The fraction of sp³-hybridized carbons (Fsp3) is 0.263. The van der Waals surface area contributed by atoms with E-state index in [1.807, 2.05) is 36.4 Å². The SMILES string of the molecule is COc1cccc(Nc2ncnc(-c3ccnc(N4CCOCC4)c3)n2)c1. The van der Waals surface area contributed by atoms with Gasteiger partial charge in [-0.05, 0) is 24.3 Å². The van der Waals surface area contributed by atoms with Crippen molar-refractivity contribution in [3.8, 4) is 17.1 Å².